The third kappa shape index (κ3) is 4.41. The molecule has 0 unspecified atom stereocenters. The lowest BCUT2D eigenvalue weighted by Gasteiger charge is -2.11. The molecule has 1 heterocycles. The van der Waals surface area contributed by atoms with E-state index in [9.17, 15) is 0 Å². The molecule has 1 aromatic carbocycles. The lowest BCUT2D eigenvalue weighted by molar-refractivity contribution is -0.155. The molecule has 0 N–H and O–H groups in total. The highest BCUT2D eigenvalue weighted by Gasteiger charge is 2.19. The van der Waals surface area contributed by atoms with E-state index in [0.29, 0.717) is 41.4 Å². The van der Waals surface area contributed by atoms with E-state index in [1.807, 2.05) is 19.9 Å². The molecule has 0 amide bonds. The number of aromatic nitrogens is 2. The first-order valence-corrected chi connectivity index (χ1v) is 7.39. The molecule has 0 fully saturated rings. The molecule has 0 aliphatic carbocycles. The van der Waals surface area contributed by atoms with Crippen LogP contribution in [0.5, 0.6) is 0 Å². The van der Waals surface area contributed by atoms with Crippen molar-refractivity contribution in [3.63, 3.8) is 0 Å². The van der Waals surface area contributed by atoms with Gasteiger partial charge in [-0.2, -0.15) is 4.98 Å². The van der Waals surface area contributed by atoms with Crippen LogP contribution >= 0.6 is 23.2 Å². The van der Waals surface area contributed by atoms with Crippen LogP contribution in [0.4, 0.5) is 0 Å². The lowest BCUT2D eigenvalue weighted by Crippen LogP contribution is -2.09. The fraction of sp³-hybridized carbons (Fsp3) is 0.429. The minimum absolute atomic E-state index is 0.314. The van der Waals surface area contributed by atoms with E-state index < -0.39 is 6.29 Å². The maximum absolute atomic E-state index is 5.98. The molecule has 0 saturated carbocycles. The quantitative estimate of drug-likeness (QED) is 0.717. The molecule has 0 aliphatic heterocycles. The van der Waals surface area contributed by atoms with Crippen LogP contribution in [0.1, 0.15) is 37.4 Å². The van der Waals surface area contributed by atoms with Crippen molar-refractivity contribution in [3.8, 4) is 0 Å². The Morgan fingerprint density at radius 3 is 2.48 bits per heavy atom. The van der Waals surface area contributed by atoms with Gasteiger partial charge >= 0.3 is 0 Å². The van der Waals surface area contributed by atoms with Gasteiger partial charge < -0.3 is 14.0 Å². The van der Waals surface area contributed by atoms with Crippen molar-refractivity contribution in [2.24, 2.45) is 0 Å². The van der Waals surface area contributed by atoms with Crippen LogP contribution < -0.4 is 0 Å². The molecular formula is C14H16Cl2N2O3. The molecule has 1 aromatic heterocycles. The normalized spacial score (nSPS) is 11.3. The summed E-state index contributed by atoms with van der Waals surface area (Å²) >= 11 is 11.9. The second kappa shape index (κ2) is 7.75. The van der Waals surface area contributed by atoms with Gasteiger partial charge in [-0.15, -0.1) is 0 Å². The molecule has 2 rings (SSSR count). The Kier molecular flexibility index (Phi) is 5.99. The molecule has 5 nitrogen and oxygen atoms in total. The predicted molar refractivity (Wildman–Crippen MR) is 79.6 cm³/mol. The first kappa shape index (κ1) is 16.2. The summed E-state index contributed by atoms with van der Waals surface area (Å²) < 4.78 is 16.0. The summed E-state index contributed by atoms with van der Waals surface area (Å²) in [6.45, 7) is 4.74. The number of ether oxygens (including phenoxy) is 2. The number of rotatable bonds is 7. The van der Waals surface area contributed by atoms with Crippen LogP contribution in [0, 0.1) is 0 Å². The molecule has 2 aromatic rings. The maximum Gasteiger partial charge on any atom is 0.283 e. The first-order valence-electron chi connectivity index (χ1n) is 6.63. The Labute approximate surface area is 133 Å². The van der Waals surface area contributed by atoms with Crippen LogP contribution in [-0.2, 0) is 15.9 Å². The van der Waals surface area contributed by atoms with Crippen molar-refractivity contribution < 1.29 is 14.0 Å². The van der Waals surface area contributed by atoms with Crippen molar-refractivity contribution in [2.45, 2.75) is 26.6 Å². The van der Waals surface area contributed by atoms with Gasteiger partial charge in [0.05, 0.1) is 10.0 Å². The summed E-state index contributed by atoms with van der Waals surface area (Å²) in [5.41, 5.74) is 0.945. The molecular weight excluding hydrogens is 315 g/mol. The van der Waals surface area contributed by atoms with Gasteiger partial charge in [0.25, 0.3) is 5.89 Å². The van der Waals surface area contributed by atoms with Crippen LogP contribution in [0.15, 0.2) is 22.7 Å². The molecule has 0 saturated heterocycles. The summed E-state index contributed by atoms with van der Waals surface area (Å²) in [6, 6.07) is 5.39. The van der Waals surface area contributed by atoms with E-state index in [1.165, 1.54) is 0 Å². The van der Waals surface area contributed by atoms with E-state index in [4.69, 9.17) is 37.2 Å². The van der Waals surface area contributed by atoms with Crippen molar-refractivity contribution in [2.75, 3.05) is 13.2 Å². The van der Waals surface area contributed by atoms with Gasteiger partial charge in [-0.05, 0) is 31.5 Å². The van der Waals surface area contributed by atoms with Crippen molar-refractivity contribution in [1.82, 2.24) is 10.1 Å². The van der Waals surface area contributed by atoms with E-state index in [-0.39, 0.29) is 0 Å². The SMILES string of the molecule is CCOC(OCC)c1nc(Cc2ccc(Cl)c(Cl)c2)no1. The predicted octanol–water partition coefficient (Wildman–Crippen LogP) is 4.04. The highest BCUT2D eigenvalue weighted by Crippen LogP contribution is 2.24. The third-order valence-corrected chi connectivity index (χ3v) is 3.41. The summed E-state index contributed by atoms with van der Waals surface area (Å²) in [5, 5.41) is 4.94. The minimum atomic E-state index is -0.630. The van der Waals surface area contributed by atoms with Crippen molar-refractivity contribution >= 4 is 23.2 Å². The van der Waals surface area contributed by atoms with E-state index in [2.05, 4.69) is 10.1 Å². The van der Waals surface area contributed by atoms with Gasteiger partial charge in [-0.25, -0.2) is 0 Å². The molecule has 0 atom stereocenters. The zero-order valence-corrected chi connectivity index (χ0v) is 13.3. The monoisotopic (exact) mass is 330 g/mol. The van der Waals surface area contributed by atoms with Crippen LogP contribution in [0.2, 0.25) is 10.0 Å². The van der Waals surface area contributed by atoms with Gasteiger partial charge in [0.15, 0.2) is 5.82 Å². The van der Waals surface area contributed by atoms with Gasteiger partial charge in [0.2, 0.25) is 6.29 Å². The van der Waals surface area contributed by atoms with Gasteiger partial charge in [0, 0.05) is 19.6 Å². The molecule has 0 aliphatic rings. The van der Waals surface area contributed by atoms with Crippen LogP contribution in [-0.4, -0.2) is 23.4 Å². The minimum Gasteiger partial charge on any atom is -0.345 e. The number of halogens is 2. The summed E-state index contributed by atoms with van der Waals surface area (Å²) in [7, 11) is 0. The van der Waals surface area contributed by atoms with E-state index >= 15 is 0 Å². The fourth-order valence-electron chi connectivity index (χ4n) is 1.76. The van der Waals surface area contributed by atoms with E-state index in [0.717, 1.165) is 5.56 Å². The summed E-state index contributed by atoms with van der Waals surface area (Å²) in [5.74, 6) is 0.849. The lowest BCUT2D eigenvalue weighted by atomic mass is 10.1. The summed E-state index contributed by atoms with van der Waals surface area (Å²) in [6.07, 6.45) is -0.138. The zero-order valence-electron chi connectivity index (χ0n) is 11.8. The Morgan fingerprint density at radius 2 is 1.86 bits per heavy atom. The molecule has 21 heavy (non-hydrogen) atoms. The van der Waals surface area contributed by atoms with Crippen LogP contribution in [0.25, 0.3) is 0 Å². The van der Waals surface area contributed by atoms with Gasteiger partial charge in [-0.1, -0.05) is 34.4 Å². The molecule has 7 heteroatoms. The maximum atomic E-state index is 5.98. The van der Waals surface area contributed by atoms with E-state index in [1.54, 1.807) is 12.1 Å². The van der Waals surface area contributed by atoms with Crippen LogP contribution in [0.3, 0.4) is 0 Å². The standard InChI is InChI=1S/C14H16Cl2N2O3/c1-3-19-14(20-4-2)13-17-12(18-21-13)8-9-5-6-10(15)11(16)7-9/h5-7,14H,3-4,8H2,1-2H3. The second-order valence-electron chi connectivity index (χ2n) is 4.22. The highest BCUT2D eigenvalue weighted by atomic mass is 35.5. The molecule has 0 bridgehead atoms. The highest BCUT2D eigenvalue weighted by molar-refractivity contribution is 6.42. The van der Waals surface area contributed by atoms with Crippen molar-refractivity contribution in [1.29, 1.82) is 0 Å². The number of nitrogens with zero attached hydrogens (tertiary/aromatic N) is 2. The Morgan fingerprint density at radius 1 is 1.14 bits per heavy atom. The number of benzene rings is 1. The van der Waals surface area contributed by atoms with Crippen molar-refractivity contribution in [3.05, 3.63) is 45.5 Å². The topological polar surface area (TPSA) is 57.4 Å². The second-order valence-corrected chi connectivity index (χ2v) is 5.03. The smallest absolute Gasteiger partial charge is 0.283 e. The fourth-order valence-corrected chi connectivity index (χ4v) is 2.08. The zero-order chi connectivity index (χ0) is 15.2. The van der Waals surface area contributed by atoms with Gasteiger partial charge in [-0.3, -0.25) is 0 Å². The number of hydrogen-bond donors (Lipinski definition) is 0. The average Bonchev–Trinajstić information content (AvgIpc) is 2.91. The number of hydrogen-bond acceptors (Lipinski definition) is 5. The Hall–Kier alpha value is -1.14. The first-order chi connectivity index (χ1) is 10.1. The average molecular weight is 331 g/mol. The molecule has 0 radical (unpaired) electrons. The molecule has 0 spiro atoms. The molecule has 114 valence electrons. The third-order valence-electron chi connectivity index (χ3n) is 2.67. The largest absolute Gasteiger partial charge is 0.345 e. The summed E-state index contributed by atoms with van der Waals surface area (Å²) in [4.78, 5) is 4.29. The Balaban J connectivity index is 2.09. The van der Waals surface area contributed by atoms with Gasteiger partial charge in [0.1, 0.15) is 0 Å². The Bertz CT molecular complexity index is 583.